The molecule has 4 heteroatoms. The second-order valence-corrected chi connectivity index (χ2v) is 6.58. The summed E-state index contributed by atoms with van der Waals surface area (Å²) in [4.78, 5) is 12.4. The van der Waals surface area contributed by atoms with Crippen LogP contribution in [0.15, 0.2) is 54.6 Å². The van der Waals surface area contributed by atoms with Gasteiger partial charge in [0.2, 0.25) is 5.91 Å². The molecule has 2 aromatic rings. The highest BCUT2D eigenvalue weighted by Crippen LogP contribution is 2.48. The summed E-state index contributed by atoms with van der Waals surface area (Å²) >= 11 is 0. The van der Waals surface area contributed by atoms with Crippen molar-refractivity contribution < 1.29 is 14.6 Å². The fraction of sp³-hybridized carbons (Fsp3) is 0.350. The third-order valence-electron chi connectivity index (χ3n) is 4.65. The molecule has 4 nitrogen and oxygen atoms in total. The molecule has 3 rings (SSSR count). The van der Waals surface area contributed by atoms with E-state index in [0.717, 1.165) is 23.3 Å². The smallest absolute Gasteiger partial charge is 0.223 e. The van der Waals surface area contributed by atoms with Crippen LogP contribution in [0, 0.1) is 5.92 Å². The molecule has 2 N–H and O–H groups in total. The Hall–Kier alpha value is -2.33. The predicted molar refractivity (Wildman–Crippen MR) is 92.9 cm³/mol. The molecule has 3 unspecified atom stereocenters. The fourth-order valence-electron chi connectivity index (χ4n) is 3.01. The minimum absolute atomic E-state index is 0.000902. The monoisotopic (exact) mass is 325 g/mol. The minimum Gasteiger partial charge on any atom is -0.497 e. The van der Waals surface area contributed by atoms with E-state index < -0.39 is 5.60 Å². The summed E-state index contributed by atoms with van der Waals surface area (Å²) in [6, 6.07) is 17.3. The lowest BCUT2D eigenvalue weighted by molar-refractivity contribution is -0.123. The van der Waals surface area contributed by atoms with Crippen molar-refractivity contribution in [2.24, 2.45) is 5.92 Å². The number of amides is 1. The number of ether oxygens (including phenoxy) is 1. The SMILES string of the molecule is COc1cccc(C2CC2C(=O)NCC(C)(O)c2ccccc2)c1. The van der Waals surface area contributed by atoms with E-state index in [0.29, 0.717) is 0 Å². The van der Waals surface area contributed by atoms with Crippen LogP contribution in [0.3, 0.4) is 0 Å². The Balaban J connectivity index is 1.57. The molecule has 0 saturated heterocycles. The predicted octanol–water partition coefficient (Wildman–Crippen LogP) is 2.82. The highest BCUT2D eigenvalue weighted by Gasteiger charge is 2.44. The van der Waals surface area contributed by atoms with Crippen LogP contribution in [-0.4, -0.2) is 24.7 Å². The molecule has 2 aromatic carbocycles. The first-order valence-electron chi connectivity index (χ1n) is 8.21. The van der Waals surface area contributed by atoms with Crippen molar-refractivity contribution in [1.29, 1.82) is 0 Å². The molecule has 0 heterocycles. The average molecular weight is 325 g/mol. The van der Waals surface area contributed by atoms with Gasteiger partial charge in [-0.1, -0.05) is 42.5 Å². The molecule has 1 saturated carbocycles. The van der Waals surface area contributed by atoms with Gasteiger partial charge in [0.15, 0.2) is 0 Å². The number of nitrogens with one attached hydrogen (secondary N) is 1. The molecule has 1 fully saturated rings. The zero-order valence-corrected chi connectivity index (χ0v) is 14.0. The summed E-state index contributed by atoms with van der Waals surface area (Å²) < 4.78 is 5.24. The quantitative estimate of drug-likeness (QED) is 0.858. The molecule has 0 radical (unpaired) electrons. The summed E-state index contributed by atoms with van der Waals surface area (Å²) in [5, 5.41) is 13.4. The second-order valence-electron chi connectivity index (χ2n) is 6.58. The van der Waals surface area contributed by atoms with Gasteiger partial charge in [-0.05, 0) is 42.5 Å². The van der Waals surface area contributed by atoms with Crippen LogP contribution < -0.4 is 10.1 Å². The number of aliphatic hydroxyl groups is 1. The van der Waals surface area contributed by atoms with Gasteiger partial charge in [-0.25, -0.2) is 0 Å². The standard InChI is InChI=1S/C20H23NO3/c1-20(23,15-8-4-3-5-9-15)13-21-19(22)18-12-17(18)14-7-6-10-16(11-14)24-2/h3-11,17-18,23H,12-13H2,1-2H3,(H,21,22). The Labute approximate surface area is 142 Å². The van der Waals surface area contributed by atoms with Gasteiger partial charge in [-0.2, -0.15) is 0 Å². The molecule has 0 bridgehead atoms. The zero-order chi connectivity index (χ0) is 17.2. The van der Waals surface area contributed by atoms with Crippen molar-refractivity contribution in [3.63, 3.8) is 0 Å². The van der Waals surface area contributed by atoms with Gasteiger partial charge in [0.25, 0.3) is 0 Å². The van der Waals surface area contributed by atoms with Crippen molar-refractivity contribution in [1.82, 2.24) is 5.32 Å². The maximum absolute atomic E-state index is 12.4. The minimum atomic E-state index is -1.07. The van der Waals surface area contributed by atoms with Gasteiger partial charge in [0.1, 0.15) is 11.4 Å². The van der Waals surface area contributed by atoms with Crippen LogP contribution in [-0.2, 0) is 10.4 Å². The van der Waals surface area contributed by atoms with E-state index in [1.54, 1.807) is 14.0 Å². The first kappa shape index (κ1) is 16.5. The molecule has 1 aliphatic rings. The van der Waals surface area contributed by atoms with Crippen molar-refractivity contribution >= 4 is 5.91 Å². The highest BCUT2D eigenvalue weighted by atomic mass is 16.5. The first-order chi connectivity index (χ1) is 11.5. The first-order valence-corrected chi connectivity index (χ1v) is 8.21. The Morgan fingerprint density at radius 1 is 1.25 bits per heavy atom. The van der Waals surface area contributed by atoms with E-state index in [4.69, 9.17) is 4.74 Å². The lowest BCUT2D eigenvalue weighted by Crippen LogP contribution is -2.39. The van der Waals surface area contributed by atoms with Crippen LogP contribution in [0.25, 0.3) is 0 Å². The maximum atomic E-state index is 12.4. The summed E-state index contributed by atoms with van der Waals surface area (Å²) in [6.07, 6.45) is 0.840. The number of hydrogen-bond donors (Lipinski definition) is 2. The third-order valence-corrected chi connectivity index (χ3v) is 4.65. The van der Waals surface area contributed by atoms with Crippen molar-refractivity contribution in [2.75, 3.05) is 13.7 Å². The fourth-order valence-corrected chi connectivity index (χ4v) is 3.01. The second kappa shape index (κ2) is 6.65. The lowest BCUT2D eigenvalue weighted by Gasteiger charge is -2.24. The van der Waals surface area contributed by atoms with Crippen molar-refractivity contribution in [3.8, 4) is 5.75 Å². The van der Waals surface area contributed by atoms with Crippen LogP contribution >= 0.6 is 0 Å². The van der Waals surface area contributed by atoms with Gasteiger partial charge in [0.05, 0.1) is 13.7 Å². The topological polar surface area (TPSA) is 58.6 Å². The van der Waals surface area contributed by atoms with Crippen LogP contribution in [0.4, 0.5) is 0 Å². The van der Waals surface area contributed by atoms with E-state index in [9.17, 15) is 9.90 Å². The van der Waals surface area contributed by atoms with Crippen LogP contribution in [0.1, 0.15) is 30.4 Å². The lowest BCUT2D eigenvalue weighted by atomic mass is 9.96. The number of methoxy groups -OCH3 is 1. The molecular weight excluding hydrogens is 302 g/mol. The Bertz CT molecular complexity index is 712. The number of carbonyl (C=O) groups is 1. The summed E-state index contributed by atoms with van der Waals surface area (Å²) in [5.74, 6) is 1.02. The van der Waals surface area contributed by atoms with E-state index in [1.807, 2.05) is 54.6 Å². The third kappa shape index (κ3) is 3.60. The zero-order valence-electron chi connectivity index (χ0n) is 14.0. The van der Waals surface area contributed by atoms with Crippen LogP contribution in [0.2, 0.25) is 0 Å². The molecule has 126 valence electrons. The number of rotatable bonds is 6. The number of benzene rings is 2. The van der Waals surface area contributed by atoms with Gasteiger partial charge < -0.3 is 15.2 Å². The molecule has 1 amide bonds. The molecule has 0 aliphatic heterocycles. The maximum Gasteiger partial charge on any atom is 0.223 e. The summed E-state index contributed by atoms with van der Waals surface area (Å²) in [5.41, 5.74) is 0.854. The van der Waals surface area contributed by atoms with E-state index >= 15 is 0 Å². The molecular formula is C20H23NO3. The number of carbonyl (C=O) groups excluding carboxylic acids is 1. The molecule has 24 heavy (non-hydrogen) atoms. The molecule has 0 spiro atoms. The molecule has 1 aliphatic carbocycles. The Kier molecular flexibility index (Phi) is 4.58. The average Bonchev–Trinajstić information content (AvgIpc) is 3.41. The Morgan fingerprint density at radius 2 is 2.00 bits per heavy atom. The van der Waals surface area contributed by atoms with Gasteiger partial charge >= 0.3 is 0 Å². The van der Waals surface area contributed by atoms with E-state index in [1.165, 1.54) is 0 Å². The van der Waals surface area contributed by atoms with E-state index in [2.05, 4.69) is 5.32 Å². The largest absolute Gasteiger partial charge is 0.497 e. The van der Waals surface area contributed by atoms with E-state index in [-0.39, 0.29) is 24.3 Å². The molecule has 0 aromatic heterocycles. The van der Waals surface area contributed by atoms with Crippen molar-refractivity contribution in [3.05, 3.63) is 65.7 Å². The normalized spacial score (nSPS) is 21.6. The number of hydrogen-bond acceptors (Lipinski definition) is 3. The molecule has 3 atom stereocenters. The summed E-state index contributed by atoms with van der Waals surface area (Å²) in [7, 11) is 1.64. The Morgan fingerprint density at radius 3 is 2.71 bits per heavy atom. The van der Waals surface area contributed by atoms with Crippen LogP contribution in [0.5, 0.6) is 5.75 Å². The van der Waals surface area contributed by atoms with Gasteiger partial charge in [-0.15, -0.1) is 0 Å². The highest BCUT2D eigenvalue weighted by molar-refractivity contribution is 5.83. The van der Waals surface area contributed by atoms with Crippen molar-refractivity contribution in [2.45, 2.75) is 24.9 Å². The van der Waals surface area contributed by atoms with Gasteiger partial charge in [-0.3, -0.25) is 4.79 Å². The summed E-state index contributed by atoms with van der Waals surface area (Å²) in [6.45, 7) is 1.92. The van der Waals surface area contributed by atoms with Gasteiger partial charge in [0, 0.05) is 5.92 Å².